The number of hydrogen-bond donors (Lipinski definition) is 1. The van der Waals surface area contributed by atoms with Crippen molar-refractivity contribution < 1.29 is 4.79 Å². The molecule has 0 saturated heterocycles. The second-order valence-electron chi connectivity index (χ2n) is 6.55. The number of carbonyl (C=O) groups excluding carboxylic acids is 1. The van der Waals surface area contributed by atoms with Crippen molar-refractivity contribution in [1.29, 1.82) is 5.26 Å². The van der Waals surface area contributed by atoms with E-state index >= 15 is 0 Å². The lowest BCUT2D eigenvalue weighted by Crippen LogP contribution is -2.22. The van der Waals surface area contributed by atoms with E-state index in [1.807, 2.05) is 32.2 Å². The van der Waals surface area contributed by atoms with Gasteiger partial charge in [-0.15, -0.1) is 11.3 Å². The number of nitrogens with one attached hydrogen (secondary N) is 1. The van der Waals surface area contributed by atoms with Gasteiger partial charge in [-0.1, -0.05) is 0 Å². The summed E-state index contributed by atoms with van der Waals surface area (Å²) in [6.07, 6.45) is 3.98. The molecule has 0 atom stereocenters. The van der Waals surface area contributed by atoms with E-state index in [4.69, 9.17) is 0 Å². The lowest BCUT2D eigenvalue weighted by molar-refractivity contribution is 0.102. The molecule has 1 N–H and O–H groups in total. The first-order valence-corrected chi connectivity index (χ1v) is 8.17. The van der Waals surface area contributed by atoms with Gasteiger partial charge in [0.25, 0.3) is 5.91 Å². The van der Waals surface area contributed by atoms with Gasteiger partial charge < -0.3 is 5.32 Å². The summed E-state index contributed by atoms with van der Waals surface area (Å²) in [5, 5.41) is 18.3. The van der Waals surface area contributed by atoms with Crippen LogP contribution in [0.1, 0.15) is 60.3 Å². The molecule has 1 amide bonds. The van der Waals surface area contributed by atoms with Crippen molar-refractivity contribution in [3.8, 4) is 6.07 Å². The number of hydrogen-bond acceptors (Lipinski definition) is 4. The van der Waals surface area contributed by atoms with Gasteiger partial charge in [-0.05, 0) is 56.5 Å². The molecule has 0 aliphatic heterocycles. The van der Waals surface area contributed by atoms with Gasteiger partial charge in [0.1, 0.15) is 11.6 Å². The predicted molar refractivity (Wildman–Crippen MR) is 86.2 cm³/mol. The Morgan fingerprint density at radius 2 is 2.23 bits per heavy atom. The molecule has 0 bridgehead atoms. The van der Waals surface area contributed by atoms with Gasteiger partial charge in [0.05, 0.1) is 10.4 Å². The van der Waals surface area contributed by atoms with Gasteiger partial charge >= 0.3 is 0 Å². The SMILES string of the molecule is CC(C)(C)n1cc(C#N)c(NC(=O)c2sccc2C2CC2)n1. The molecule has 114 valence electrons. The van der Waals surface area contributed by atoms with Crippen molar-refractivity contribution in [3.63, 3.8) is 0 Å². The fourth-order valence-corrected chi connectivity index (χ4v) is 3.16. The van der Waals surface area contributed by atoms with Crippen molar-refractivity contribution >= 4 is 23.1 Å². The predicted octanol–water partition coefficient (Wildman–Crippen LogP) is 3.70. The largest absolute Gasteiger partial charge is 0.303 e. The first kappa shape index (κ1) is 14.8. The molecule has 2 aromatic heterocycles. The smallest absolute Gasteiger partial charge is 0.267 e. The molecule has 2 aromatic rings. The van der Waals surface area contributed by atoms with E-state index < -0.39 is 0 Å². The Morgan fingerprint density at radius 3 is 2.82 bits per heavy atom. The number of carbonyl (C=O) groups is 1. The highest BCUT2D eigenvalue weighted by atomic mass is 32.1. The molecule has 1 saturated carbocycles. The third-order valence-corrected chi connectivity index (χ3v) is 4.60. The number of amides is 1. The zero-order chi connectivity index (χ0) is 15.9. The van der Waals surface area contributed by atoms with E-state index in [1.165, 1.54) is 11.3 Å². The van der Waals surface area contributed by atoms with Crippen LogP contribution in [-0.4, -0.2) is 15.7 Å². The minimum atomic E-state index is -0.239. The Hall–Kier alpha value is -2.13. The Balaban J connectivity index is 1.86. The number of thiophene rings is 1. The van der Waals surface area contributed by atoms with Gasteiger partial charge in [-0.2, -0.15) is 10.4 Å². The Kier molecular flexibility index (Phi) is 3.53. The Morgan fingerprint density at radius 1 is 1.50 bits per heavy atom. The van der Waals surface area contributed by atoms with E-state index in [0.717, 1.165) is 23.3 Å². The molecule has 1 fully saturated rings. The van der Waals surface area contributed by atoms with E-state index in [9.17, 15) is 10.1 Å². The molecule has 1 aliphatic rings. The number of rotatable bonds is 3. The normalized spacial score (nSPS) is 14.6. The summed E-state index contributed by atoms with van der Waals surface area (Å²) in [7, 11) is 0. The summed E-state index contributed by atoms with van der Waals surface area (Å²) in [4.78, 5) is 13.2. The fourth-order valence-electron chi connectivity index (χ4n) is 2.28. The minimum Gasteiger partial charge on any atom is -0.303 e. The van der Waals surface area contributed by atoms with Crippen molar-refractivity contribution in [2.75, 3.05) is 5.32 Å². The van der Waals surface area contributed by atoms with Crippen LogP contribution in [0.2, 0.25) is 0 Å². The number of nitriles is 1. The van der Waals surface area contributed by atoms with Crippen molar-refractivity contribution in [2.45, 2.75) is 45.1 Å². The summed E-state index contributed by atoms with van der Waals surface area (Å²) in [6.45, 7) is 5.99. The Bertz CT molecular complexity index is 756. The molecule has 5 nitrogen and oxygen atoms in total. The van der Waals surface area contributed by atoms with Gasteiger partial charge in [0.2, 0.25) is 0 Å². The average molecular weight is 314 g/mol. The summed E-state index contributed by atoms with van der Waals surface area (Å²) in [5.41, 5.74) is 1.26. The average Bonchev–Trinajstić information content (AvgIpc) is 3.01. The quantitative estimate of drug-likeness (QED) is 0.939. The Labute approximate surface area is 133 Å². The molecule has 1 aliphatic carbocycles. The van der Waals surface area contributed by atoms with Crippen LogP contribution in [0.5, 0.6) is 0 Å². The zero-order valence-electron chi connectivity index (χ0n) is 12.9. The molecular formula is C16H18N4OS. The van der Waals surface area contributed by atoms with E-state index in [2.05, 4.69) is 16.5 Å². The molecule has 2 heterocycles. The third kappa shape index (κ3) is 2.77. The van der Waals surface area contributed by atoms with E-state index in [1.54, 1.807) is 10.9 Å². The van der Waals surface area contributed by atoms with Crippen molar-refractivity contribution in [3.05, 3.63) is 33.6 Å². The summed E-state index contributed by atoms with van der Waals surface area (Å²) in [6, 6.07) is 4.12. The number of aromatic nitrogens is 2. The summed E-state index contributed by atoms with van der Waals surface area (Å²) in [5.74, 6) is 0.680. The van der Waals surface area contributed by atoms with Crippen LogP contribution in [-0.2, 0) is 5.54 Å². The van der Waals surface area contributed by atoms with E-state index in [-0.39, 0.29) is 11.4 Å². The maximum atomic E-state index is 12.5. The summed E-state index contributed by atoms with van der Waals surface area (Å²) >= 11 is 1.44. The van der Waals surface area contributed by atoms with Gasteiger partial charge in [-0.25, -0.2) is 0 Å². The van der Waals surface area contributed by atoms with Gasteiger partial charge in [0, 0.05) is 6.20 Å². The van der Waals surface area contributed by atoms with Crippen LogP contribution in [0.15, 0.2) is 17.6 Å². The molecule has 0 spiro atoms. The minimum absolute atomic E-state index is 0.174. The highest BCUT2D eigenvalue weighted by Gasteiger charge is 2.29. The van der Waals surface area contributed by atoms with Gasteiger partial charge in [-0.3, -0.25) is 9.48 Å². The van der Waals surface area contributed by atoms with Crippen LogP contribution < -0.4 is 5.32 Å². The van der Waals surface area contributed by atoms with Gasteiger partial charge in [0.15, 0.2) is 5.82 Å². The first-order chi connectivity index (χ1) is 10.4. The van der Waals surface area contributed by atoms with E-state index in [0.29, 0.717) is 17.3 Å². The molecule has 0 unspecified atom stereocenters. The fraction of sp³-hybridized carbons (Fsp3) is 0.438. The van der Waals surface area contributed by atoms with Crippen LogP contribution in [0.3, 0.4) is 0 Å². The maximum Gasteiger partial charge on any atom is 0.267 e. The number of nitrogens with zero attached hydrogens (tertiary/aromatic N) is 3. The van der Waals surface area contributed by atoms with Crippen molar-refractivity contribution in [1.82, 2.24) is 9.78 Å². The second kappa shape index (κ2) is 5.25. The maximum absolute atomic E-state index is 12.5. The highest BCUT2D eigenvalue weighted by molar-refractivity contribution is 7.12. The molecule has 3 rings (SSSR count). The standard InChI is InChI=1S/C16H18N4OS/c1-16(2,3)20-9-11(8-17)14(19-20)18-15(21)13-12(6-7-22-13)10-4-5-10/h6-7,9-10H,4-5H2,1-3H3,(H,18,19,21). The summed E-state index contributed by atoms with van der Waals surface area (Å²) < 4.78 is 1.71. The molecular weight excluding hydrogens is 296 g/mol. The number of anilines is 1. The monoisotopic (exact) mass is 314 g/mol. The van der Waals surface area contributed by atoms with Crippen LogP contribution in [0.4, 0.5) is 5.82 Å². The topological polar surface area (TPSA) is 70.7 Å². The highest BCUT2D eigenvalue weighted by Crippen LogP contribution is 2.43. The van der Waals surface area contributed by atoms with Crippen LogP contribution >= 0.6 is 11.3 Å². The zero-order valence-corrected chi connectivity index (χ0v) is 13.7. The lowest BCUT2D eigenvalue weighted by atomic mass is 10.1. The van der Waals surface area contributed by atoms with Crippen LogP contribution in [0.25, 0.3) is 0 Å². The molecule has 0 radical (unpaired) electrons. The second-order valence-corrected chi connectivity index (χ2v) is 7.47. The molecule has 6 heteroatoms. The van der Waals surface area contributed by atoms with Crippen LogP contribution in [0, 0.1) is 11.3 Å². The first-order valence-electron chi connectivity index (χ1n) is 7.29. The third-order valence-electron chi connectivity index (χ3n) is 3.67. The van der Waals surface area contributed by atoms with Crippen molar-refractivity contribution in [2.24, 2.45) is 0 Å². The molecule has 0 aromatic carbocycles. The lowest BCUT2D eigenvalue weighted by Gasteiger charge is -2.18. The molecule has 22 heavy (non-hydrogen) atoms.